The molecule has 0 saturated heterocycles. The summed E-state index contributed by atoms with van der Waals surface area (Å²) in [6, 6.07) is 25.0. The highest BCUT2D eigenvalue weighted by atomic mass is 32.2. The number of nitrogens with zero attached hydrogens (tertiary/aromatic N) is 3. The molecule has 0 aliphatic rings. The van der Waals surface area contributed by atoms with Crippen molar-refractivity contribution in [2.24, 2.45) is 0 Å². The van der Waals surface area contributed by atoms with Gasteiger partial charge in [-0.1, -0.05) is 66.4 Å². The molecule has 6 nitrogen and oxygen atoms in total. The summed E-state index contributed by atoms with van der Waals surface area (Å²) in [6.45, 7) is 2.63. The monoisotopic (exact) mass is 456 g/mol. The van der Waals surface area contributed by atoms with Crippen molar-refractivity contribution < 1.29 is 0 Å². The first-order valence-electron chi connectivity index (χ1n) is 11.0. The SMILES string of the molecule is CC(c1ccccc1)n1c(SCCCn2c(=O)[nH]c3ccccc32)nc2ccccc2c1=O. The molecule has 1 unspecified atom stereocenters. The number of nitrogens with one attached hydrogen (secondary N) is 1. The van der Waals surface area contributed by atoms with Gasteiger partial charge >= 0.3 is 5.69 Å². The first-order valence-corrected chi connectivity index (χ1v) is 12.0. The van der Waals surface area contributed by atoms with Gasteiger partial charge in [0, 0.05) is 12.3 Å². The highest BCUT2D eigenvalue weighted by Crippen LogP contribution is 2.25. The number of para-hydroxylation sites is 3. The number of hydrogen-bond donors (Lipinski definition) is 1. The zero-order valence-electron chi connectivity index (χ0n) is 18.3. The second kappa shape index (κ2) is 9.11. The van der Waals surface area contributed by atoms with Crippen LogP contribution in [0.1, 0.15) is 24.9 Å². The van der Waals surface area contributed by atoms with E-state index in [9.17, 15) is 9.59 Å². The standard InChI is InChI=1S/C26H24N4O2S/c1-18(19-10-3-2-4-11-19)30-24(31)20-12-5-6-13-21(20)28-26(30)33-17-9-16-29-23-15-8-7-14-22(23)27-25(29)32/h2-8,10-15,18H,9,16-17H2,1H3,(H,27,32). The van der Waals surface area contributed by atoms with Crippen molar-refractivity contribution in [2.75, 3.05) is 5.75 Å². The number of thioether (sulfide) groups is 1. The maximum absolute atomic E-state index is 13.4. The Morgan fingerprint density at radius 1 is 0.939 bits per heavy atom. The van der Waals surface area contributed by atoms with E-state index in [0.717, 1.165) is 28.8 Å². The Labute approximate surface area is 194 Å². The molecule has 0 amide bonds. The minimum Gasteiger partial charge on any atom is -0.306 e. The van der Waals surface area contributed by atoms with Gasteiger partial charge in [-0.05, 0) is 43.2 Å². The van der Waals surface area contributed by atoms with Gasteiger partial charge in [0.1, 0.15) is 0 Å². The molecule has 0 bridgehead atoms. The number of rotatable bonds is 7. The summed E-state index contributed by atoms with van der Waals surface area (Å²) >= 11 is 1.56. The molecular weight excluding hydrogens is 432 g/mol. The summed E-state index contributed by atoms with van der Waals surface area (Å²) in [6.07, 6.45) is 0.773. The third-order valence-corrected chi connectivity index (χ3v) is 6.92. The van der Waals surface area contributed by atoms with Crippen LogP contribution in [-0.2, 0) is 6.54 Å². The fourth-order valence-electron chi connectivity index (χ4n) is 4.16. The lowest BCUT2D eigenvalue weighted by molar-refractivity contribution is 0.548. The van der Waals surface area contributed by atoms with E-state index in [-0.39, 0.29) is 17.3 Å². The normalized spacial score (nSPS) is 12.4. The second-order valence-electron chi connectivity index (χ2n) is 7.97. The highest BCUT2D eigenvalue weighted by molar-refractivity contribution is 7.99. The van der Waals surface area contributed by atoms with Crippen LogP contribution in [-0.4, -0.2) is 24.9 Å². The van der Waals surface area contributed by atoms with Crippen molar-refractivity contribution >= 4 is 33.7 Å². The molecule has 0 saturated carbocycles. The van der Waals surface area contributed by atoms with Gasteiger partial charge in [-0.3, -0.25) is 13.9 Å². The Bertz CT molecular complexity index is 1540. The van der Waals surface area contributed by atoms with Crippen LogP contribution >= 0.6 is 11.8 Å². The Hall–Kier alpha value is -3.58. The quantitative estimate of drug-likeness (QED) is 0.216. The molecule has 7 heteroatoms. The Kier molecular flexibility index (Phi) is 5.88. The zero-order chi connectivity index (χ0) is 22.8. The van der Waals surface area contributed by atoms with E-state index in [0.29, 0.717) is 22.6 Å². The highest BCUT2D eigenvalue weighted by Gasteiger charge is 2.18. The largest absolute Gasteiger partial charge is 0.326 e. The molecule has 33 heavy (non-hydrogen) atoms. The fraction of sp³-hybridized carbons (Fsp3) is 0.192. The molecule has 1 N–H and O–H groups in total. The summed E-state index contributed by atoms with van der Waals surface area (Å²) in [4.78, 5) is 33.5. The van der Waals surface area contributed by atoms with E-state index in [1.54, 1.807) is 20.9 Å². The number of aromatic amines is 1. The summed E-state index contributed by atoms with van der Waals surface area (Å²) in [5.41, 5.74) is 3.38. The van der Waals surface area contributed by atoms with Crippen LogP contribution in [0.4, 0.5) is 0 Å². The summed E-state index contributed by atoms with van der Waals surface area (Å²) < 4.78 is 3.56. The van der Waals surface area contributed by atoms with Crippen LogP contribution in [0.5, 0.6) is 0 Å². The number of H-pyrrole nitrogens is 1. The molecule has 1 atom stereocenters. The van der Waals surface area contributed by atoms with Gasteiger partial charge in [-0.25, -0.2) is 9.78 Å². The van der Waals surface area contributed by atoms with Crippen LogP contribution in [0, 0.1) is 0 Å². The van der Waals surface area contributed by atoms with Gasteiger partial charge < -0.3 is 4.98 Å². The number of aryl methyl sites for hydroxylation is 1. The number of hydrogen-bond acceptors (Lipinski definition) is 4. The van der Waals surface area contributed by atoms with Gasteiger partial charge in [0.25, 0.3) is 5.56 Å². The predicted molar refractivity (Wildman–Crippen MR) is 134 cm³/mol. The van der Waals surface area contributed by atoms with Crippen LogP contribution in [0.3, 0.4) is 0 Å². The molecule has 166 valence electrons. The average molecular weight is 457 g/mol. The molecule has 2 heterocycles. The second-order valence-corrected chi connectivity index (χ2v) is 9.04. The molecule has 5 aromatic rings. The van der Waals surface area contributed by atoms with Crippen LogP contribution < -0.4 is 11.2 Å². The van der Waals surface area contributed by atoms with Crippen LogP contribution in [0.25, 0.3) is 21.9 Å². The van der Waals surface area contributed by atoms with E-state index in [4.69, 9.17) is 4.98 Å². The molecule has 0 aliphatic carbocycles. The van der Waals surface area contributed by atoms with Crippen molar-refractivity contribution in [3.8, 4) is 0 Å². The van der Waals surface area contributed by atoms with Gasteiger partial charge in [-0.2, -0.15) is 0 Å². The molecule has 2 aromatic heterocycles. The number of aromatic nitrogens is 4. The molecule has 3 aromatic carbocycles. The average Bonchev–Trinajstić information content (AvgIpc) is 3.17. The summed E-state index contributed by atoms with van der Waals surface area (Å²) in [5.74, 6) is 0.734. The van der Waals surface area contributed by atoms with Crippen LogP contribution in [0.15, 0.2) is 93.6 Å². The molecule has 0 aliphatic heterocycles. The molecule has 0 spiro atoms. The van der Waals surface area contributed by atoms with Crippen molar-refractivity contribution in [3.05, 3.63) is 105 Å². The van der Waals surface area contributed by atoms with Gasteiger partial charge in [-0.15, -0.1) is 0 Å². The fourth-order valence-corrected chi connectivity index (χ4v) is 5.16. The van der Waals surface area contributed by atoms with Gasteiger partial charge in [0.2, 0.25) is 0 Å². The first-order chi connectivity index (χ1) is 16.1. The van der Waals surface area contributed by atoms with E-state index < -0.39 is 0 Å². The third kappa shape index (κ3) is 4.12. The minimum absolute atomic E-state index is 0.0349. The first kappa shape index (κ1) is 21.3. The van der Waals surface area contributed by atoms with Crippen molar-refractivity contribution in [3.63, 3.8) is 0 Å². The summed E-state index contributed by atoms with van der Waals surface area (Å²) in [7, 11) is 0. The van der Waals surface area contributed by atoms with E-state index in [1.807, 2.05) is 85.8 Å². The minimum atomic E-state index is -0.144. The topological polar surface area (TPSA) is 72.7 Å². The zero-order valence-corrected chi connectivity index (χ0v) is 19.1. The Morgan fingerprint density at radius 3 is 2.52 bits per heavy atom. The molecular formula is C26H24N4O2S. The number of imidazole rings is 1. The molecule has 0 fully saturated rings. The third-order valence-electron chi connectivity index (χ3n) is 5.88. The van der Waals surface area contributed by atoms with Crippen molar-refractivity contribution in [1.29, 1.82) is 0 Å². The number of fused-ring (bicyclic) bond motifs is 2. The summed E-state index contributed by atoms with van der Waals surface area (Å²) in [5, 5.41) is 1.32. The van der Waals surface area contributed by atoms with E-state index in [1.165, 1.54) is 0 Å². The lowest BCUT2D eigenvalue weighted by Crippen LogP contribution is -2.27. The van der Waals surface area contributed by atoms with Crippen molar-refractivity contribution in [2.45, 2.75) is 31.1 Å². The molecule has 5 rings (SSSR count). The van der Waals surface area contributed by atoms with Gasteiger partial charge in [0.15, 0.2) is 5.16 Å². The lowest BCUT2D eigenvalue weighted by Gasteiger charge is -2.20. The lowest BCUT2D eigenvalue weighted by atomic mass is 10.1. The van der Waals surface area contributed by atoms with Crippen LogP contribution in [0.2, 0.25) is 0 Å². The maximum Gasteiger partial charge on any atom is 0.326 e. The molecule has 0 radical (unpaired) electrons. The van der Waals surface area contributed by atoms with Crippen molar-refractivity contribution in [1.82, 2.24) is 19.1 Å². The van der Waals surface area contributed by atoms with E-state index >= 15 is 0 Å². The number of benzene rings is 3. The van der Waals surface area contributed by atoms with E-state index in [2.05, 4.69) is 4.98 Å². The van der Waals surface area contributed by atoms with Gasteiger partial charge in [0.05, 0.1) is 28.0 Å². The maximum atomic E-state index is 13.4. The smallest absolute Gasteiger partial charge is 0.306 e. The predicted octanol–water partition coefficient (Wildman–Crippen LogP) is 4.83. The Morgan fingerprint density at radius 2 is 1.67 bits per heavy atom. The Balaban J connectivity index is 1.43.